The fourth-order valence-corrected chi connectivity index (χ4v) is 1.44. The van der Waals surface area contributed by atoms with Gasteiger partial charge in [-0.2, -0.15) is 5.26 Å². The lowest BCUT2D eigenvalue weighted by Crippen LogP contribution is -2.21. The molecule has 0 aliphatic heterocycles. The minimum absolute atomic E-state index is 0.202. The maximum atomic E-state index is 8.67. The Labute approximate surface area is 83.0 Å². The van der Waals surface area contributed by atoms with Crippen LogP contribution in [0.1, 0.15) is 31.9 Å². The Morgan fingerprint density at radius 1 is 1.64 bits per heavy atom. The first-order chi connectivity index (χ1) is 6.78. The van der Waals surface area contributed by atoms with Gasteiger partial charge in [-0.15, -0.1) is 0 Å². The fraction of sp³-hybridized carbons (Fsp3) is 0.500. The molecule has 1 aromatic rings. The molecule has 0 bridgehead atoms. The van der Waals surface area contributed by atoms with Crippen molar-refractivity contribution in [1.29, 1.82) is 5.26 Å². The lowest BCUT2D eigenvalue weighted by atomic mass is 10.2. The molecule has 0 atom stereocenters. The fourth-order valence-electron chi connectivity index (χ4n) is 1.44. The van der Waals surface area contributed by atoms with Crippen molar-refractivity contribution < 1.29 is 0 Å². The van der Waals surface area contributed by atoms with Gasteiger partial charge in [-0.3, -0.25) is 0 Å². The van der Waals surface area contributed by atoms with Crippen molar-refractivity contribution in [2.75, 3.05) is 5.32 Å². The van der Waals surface area contributed by atoms with E-state index >= 15 is 0 Å². The van der Waals surface area contributed by atoms with E-state index in [0.717, 1.165) is 6.42 Å². The van der Waals surface area contributed by atoms with Crippen LogP contribution in [0.25, 0.3) is 0 Å². The molecule has 1 aliphatic carbocycles. The van der Waals surface area contributed by atoms with Gasteiger partial charge in [0.1, 0.15) is 11.8 Å². The number of hydrogen-bond donors (Lipinski definition) is 1. The van der Waals surface area contributed by atoms with Gasteiger partial charge in [0.25, 0.3) is 0 Å². The van der Waals surface area contributed by atoms with Crippen LogP contribution in [0.3, 0.4) is 0 Å². The summed E-state index contributed by atoms with van der Waals surface area (Å²) in [4.78, 5) is 8.17. The van der Waals surface area contributed by atoms with Gasteiger partial charge in [0.15, 0.2) is 0 Å². The molecule has 72 valence electrons. The third-order valence-electron chi connectivity index (χ3n) is 2.68. The molecule has 4 nitrogen and oxygen atoms in total. The summed E-state index contributed by atoms with van der Waals surface area (Å²) in [5.41, 5.74) is 0.614. The molecule has 0 unspecified atom stereocenters. The summed E-state index contributed by atoms with van der Waals surface area (Å²) in [6, 6.07) is 3.61. The minimum Gasteiger partial charge on any atom is -0.349 e. The molecule has 0 saturated heterocycles. The van der Waals surface area contributed by atoms with E-state index in [-0.39, 0.29) is 5.54 Å². The summed E-state index contributed by atoms with van der Waals surface area (Å²) in [5.74, 6) is 0.573. The molecule has 1 aliphatic rings. The first kappa shape index (κ1) is 8.95. The van der Waals surface area contributed by atoms with E-state index in [1.165, 1.54) is 12.8 Å². The lowest BCUT2D eigenvalue weighted by molar-refractivity contribution is 0.692. The average Bonchev–Trinajstić information content (AvgIpc) is 2.99. The van der Waals surface area contributed by atoms with Gasteiger partial charge in [-0.05, 0) is 25.3 Å². The highest BCUT2D eigenvalue weighted by atomic mass is 15.2. The van der Waals surface area contributed by atoms with Crippen molar-refractivity contribution >= 4 is 5.95 Å². The molecule has 0 aromatic carbocycles. The molecule has 1 saturated carbocycles. The quantitative estimate of drug-likeness (QED) is 0.784. The van der Waals surface area contributed by atoms with Crippen LogP contribution in [0.5, 0.6) is 0 Å². The van der Waals surface area contributed by atoms with Crippen LogP contribution in [-0.4, -0.2) is 15.5 Å². The molecule has 0 amide bonds. The Kier molecular flexibility index (Phi) is 2.08. The van der Waals surface area contributed by atoms with E-state index < -0.39 is 0 Å². The maximum Gasteiger partial charge on any atom is 0.224 e. The molecular weight excluding hydrogens is 176 g/mol. The first-order valence-electron chi connectivity index (χ1n) is 4.79. The molecule has 14 heavy (non-hydrogen) atoms. The Hall–Kier alpha value is -1.63. The zero-order valence-corrected chi connectivity index (χ0v) is 8.12. The zero-order chi connectivity index (χ0) is 10.0. The number of hydrogen-bond acceptors (Lipinski definition) is 4. The highest BCUT2D eigenvalue weighted by Crippen LogP contribution is 2.40. The third-order valence-corrected chi connectivity index (χ3v) is 2.68. The van der Waals surface area contributed by atoms with Crippen molar-refractivity contribution in [1.82, 2.24) is 9.97 Å². The van der Waals surface area contributed by atoms with Gasteiger partial charge >= 0.3 is 0 Å². The highest BCUT2D eigenvalue weighted by molar-refractivity contribution is 5.35. The molecule has 2 rings (SSSR count). The Morgan fingerprint density at radius 2 is 2.43 bits per heavy atom. The zero-order valence-electron chi connectivity index (χ0n) is 8.12. The van der Waals surface area contributed by atoms with Gasteiger partial charge in [0.05, 0.1) is 0 Å². The van der Waals surface area contributed by atoms with Gasteiger partial charge in [0.2, 0.25) is 5.95 Å². The summed E-state index contributed by atoms with van der Waals surface area (Å²) >= 11 is 0. The predicted octanol–water partition coefficient (Wildman–Crippen LogP) is 1.70. The van der Waals surface area contributed by atoms with Crippen LogP contribution in [0.4, 0.5) is 5.95 Å². The molecule has 4 heteroatoms. The van der Waals surface area contributed by atoms with Crippen molar-refractivity contribution in [3.8, 4) is 6.07 Å². The summed E-state index contributed by atoms with van der Waals surface area (Å²) in [6.45, 7) is 2.15. The van der Waals surface area contributed by atoms with Crippen LogP contribution < -0.4 is 5.32 Å². The number of nitrogens with one attached hydrogen (secondary N) is 1. The van der Waals surface area contributed by atoms with Crippen molar-refractivity contribution in [2.24, 2.45) is 0 Å². The van der Waals surface area contributed by atoms with Crippen LogP contribution in [0.15, 0.2) is 12.3 Å². The van der Waals surface area contributed by atoms with Crippen LogP contribution in [0, 0.1) is 11.3 Å². The molecule has 0 spiro atoms. The van der Waals surface area contributed by atoms with E-state index in [1.807, 2.05) is 6.07 Å². The number of nitriles is 1. The Balaban J connectivity index is 2.14. The molecule has 1 aromatic heterocycles. The van der Waals surface area contributed by atoms with Gasteiger partial charge in [0, 0.05) is 11.7 Å². The predicted molar refractivity (Wildman–Crippen MR) is 52.6 cm³/mol. The number of nitrogens with zero attached hydrogens (tertiary/aromatic N) is 3. The molecular formula is C10H12N4. The van der Waals surface area contributed by atoms with Crippen molar-refractivity contribution in [3.05, 3.63) is 18.0 Å². The van der Waals surface area contributed by atoms with E-state index in [9.17, 15) is 0 Å². The maximum absolute atomic E-state index is 8.67. The third kappa shape index (κ3) is 1.67. The summed E-state index contributed by atoms with van der Waals surface area (Å²) in [5, 5.41) is 11.9. The smallest absolute Gasteiger partial charge is 0.224 e. The second-order valence-electron chi connectivity index (χ2n) is 3.64. The van der Waals surface area contributed by atoms with Gasteiger partial charge in [-0.25, -0.2) is 9.97 Å². The summed E-state index contributed by atoms with van der Waals surface area (Å²) in [7, 11) is 0. The van der Waals surface area contributed by atoms with E-state index in [2.05, 4.69) is 22.2 Å². The first-order valence-corrected chi connectivity index (χ1v) is 4.79. The van der Waals surface area contributed by atoms with E-state index in [4.69, 9.17) is 5.26 Å². The average molecular weight is 188 g/mol. The second-order valence-corrected chi connectivity index (χ2v) is 3.64. The minimum atomic E-state index is 0.202. The molecule has 1 fully saturated rings. The largest absolute Gasteiger partial charge is 0.349 e. The van der Waals surface area contributed by atoms with Gasteiger partial charge < -0.3 is 5.32 Å². The molecule has 1 heterocycles. The summed E-state index contributed by atoms with van der Waals surface area (Å²) in [6.07, 6.45) is 5.03. The normalized spacial score (nSPS) is 17.1. The molecule has 1 N–H and O–H groups in total. The van der Waals surface area contributed by atoms with Crippen LogP contribution in [-0.2, 0) is 0 Å². The monoisotopic (exact) mass is 188 g/mol. The Morgan fingerprint density at radius 3 is 3.00 bits per heavy atom. The number of anilines is 1. The van der Waals surface area contributed by atoms with E-state index in [0.29, 0.717) is 11.6 Å². The number of aromatic nitrogens is 2. The van der Waals surface area contributed by atoms with Crippen molar-refractivity contribution in [3.63, 3.8) is 0 Å². The van der Waals surface area contributed by atoms with Gasteiger partial charge in [-0.1, -0.05) is 6.92 Å². The molecule has 0 radical (unpaired) electrons. The standard InChI is InChI=1S/C10H12N4/c1-2-10(4-5-10)14-9-12-6-3-8(7-11)13-9/h3,6H,2,4-5H2,1H3,(H,12,13,14). The highest BCUT2D eigenvalue weighted by Gasteiger charge is 2.41. The second kappa shape index (κ2) is 3.26. The van der Waals surface area contributed by atoms with Crippen LogP contribution in [0.2, 0.25) is 0 Å². The Bertz CT molecular complexity index is 376. The number of rotatable bonds is 3. The van der Waals surface area contributed by atoms with Crippen LogP contribution >= 0.6 is 0 Å². The lowest BCUT2D eigenvalue weighted by Gasteiger charge is -2.14. The summed E-state index contributed by atoms with van der Waals surface area (Å²) < 4.78 is 0. The topological polar surface area (TPSA) is 61.6 Å². The SMILES string of the molecule is CCC1(Nc2nccc(C#N)n2)CC1. The van der Waals surface area contributed by atoms with Crippen molar-refractivity contribution in [2.45, 2.75) is 31.7 Å². The van der Waals surface area contributed by atoms with E-state index in [1.54, 1.807) is 12.3 Å².